The third-order valence-corrected chi connectivity index (χ3v) is 4.38. The summed E-state index contributed by atoms with van der Waals surface area (Å²) in [6, 6.07) is 0. The summed E-state index contributed by atoms with van der Waals surface area (Å²) in [7, 11) is 0. The van der Waals surface area contributed by atoms with Crippen LogP contribution in [0, 0.1) is 6.92 Å². The maximum absolute atomic E-state index is 5.28. The van der Waals surface area contributed by atoms with Crippen LogP contribution in [0.4, 0.5) is 0 Å². The third kappa shape index (κ3) is 3.52. The molecule has 0 bridgehead atoms. The third-order valence-electron chi connectivity index (χ3n) is 2.37. The summed E-state index contributed by atoms with van der Waals surface area (Å²) in [6.07, 6.45) is 3.11. The molecule has 0 saturated carbocycles. The average molecular weight is 284 g/mol. The van der Waals surface area contributed by atoms with Crippen LogP contribution in [0.25, 0.3) is 0 Å². The van der Waals surface area contributed by atoms with Crippen molar-refractivity contribution in [3.8, 4) is 0 Å². The van der Waals surface area contributed by atoms with Gasteiger partial charge in [-0.1, -0.05) is 41.6 Å². The van der Waals surface area contributed by atoms with Gasteiger partial charge in [0.15, 0.2) is 10.2 Å². The van der Waals surface area contributed by atoms with Crippen molar-refractivity contribution in [2.24, 2.45) is 0 Å². The Morgan fingerprint density at radius 2 is 2.22 bits per heavy atom. The monoisotopic (exact) mass is 284 g/mol. The first-order chi connectivity index (χ1) is 8.69. The van der Waals surface area contributed by atoms with Gasteiger partial charge in [0.2, 0.25) is 5.89 Å². The molecule has 1 unspecified atom stereocenters. The SMILES string of the molecule is CCCCc1noc(C(C)Sc2nnc(C)s2)n1. The summed E-state index contributed by atoms with van der Waals surface area (Å²) in [4.78, 5) is 4.41. The molecule has 0 aliphatic rings. The standard InChI is InChI=1S/C11H16N4OS2/c1-4-5-6-9-12-10(16-15-9)7(2)17-11-14-13-8(3)18-11/h7H,4-6H2,1-3H3. The van der Waals surface area contributed by atoms with Crippen LogP contribution >= 0.6 is 23.1 Å². The lowest BCUT2D eigenvalue weighted by Gasteiger charge is -2.01. The summed E-state index contributed by atoms with van der Waals surface area (Å²) < 4.78 is 6.22. The molecule has 0 aliphatic heterocycles. The first kappa shape index (κ1) is 13.5. The maximum atomic E-state index is 5.28. The molecule has 18 heavy (non-hydrogen) atoms. The number of unbranched alkanes of at least 4 members (excludes halogenated alkanes) is 1. The molecular weight excluding hydrogens is 268 g/mol. The summed E-state index contributed by atoms with van der Waals surface area (Å²) in [5.41, 5.74) is 0. The normalized spacial score (nSPS) is 12.8. The van der Waals surface area contributed by atoms with Crippen molar-refractivity contribution >= 4 is 23.1 Å². The van der Waals surface area contributed by atoms with E-state index in [0.29, 0.717) is 5.89 Å². The predicted octanol–water partition coefficient (Wildman–Crippen LogP) is 3.43. The highest BCUT2D eigenvalue weighted by Crippen LogP contribution is 2.35. The summed E-state index contributed by atoms with van der Waals surface area (Å²) >= 11 is 3.19. The van der Waals surface area contributed by atoms with Crippen LogP contribution < -0.4 is 0 Å². The fourth-order valence-corrected chi connectivity index (χ4v) is 3.39. The van der Waals surface area contributed by atoms with Crippen molar-refractivity contribution in [1.82, 2.24) is 20.3 Å². The second kappa shape index (κ2) is 6.29. The highest BCUT2D eigenvalue weighted by Gasteiger charge is 2.17. The van der Waals surface area contributed by atoms with Crippen molar-refractivity contribution in [3.63, 3.8) is 0 Å². The van der Waals surface area contributed by atoms with Crippen LogP contribution in [0.3, 0.4) is 0 Å². The smallest absolute Gasteiger partial charge is 0.239 e. The second-order valence-electron chi connectivity index (χ2n) is 4.00. The van der Waals surface area contributed by atoms with Crippen molar-refractivity contribution in [2.75, 3.05) is 0 Å². The van der Waals surface area contributed by atoms with Gasteiger partial charge in [-0.25, -0.2) is 0 Å². The number of aromatic nitrogens is 4. The minimum atomic E-state index is 0.111. The average Bonchev–Trinajstić information content (AvgIpc) is 2.96. The van der Waals surface area contributed by atoms with E-state index in [1.54, 1.807) is 23.1 Å². The van der Waals surface area contributed by atoms with Crippen LogP contribution in [0.2, 0.25) is 0 Å². The van der Waals surface area contributed by atoms with Gasteiger partial charge in [0.25, 0.3) is 0 Å². The minimum absolute atomic E-state index is 0.111. The van der Waals surface area contributed by atoms with Gasteiger partial charge in [-0.2, -0.15) is 4.98 Å². The number of nitrogens with zero attached hydrogens (tertiary/aromatic N) is 4. The van der Waals surface area contributed by atoms with E-state index in [-0.39, 0.29) is 5.25 Å². The van der Waals surface area contributed by atoms with E-state index in [1.807, 2.05) is 13.8 Å². The molecule has 2 aromatic rings. The zero-order valence-electron chi connectivity index (χ0n) is 10.7. The summed E-state index contributed by atoms with van der Waals surface area (Å²) in [5.74, 6) is 1.46. The van der Waals surface area contributed by atoms with Gasteiger partial charge in [0.05, 0.1) is 5.25 Å². The predicted molar refractivity (Wildman–Crippen MR) is 71.8 cm³/mol. The molecule has 0 radical (unpaired) electrons. The zero-order valence-corrected chi connectivity index (χ0v) is 12.3. The van der Waals surface area contributed by atoms with Crippen molar-refractivity contribution in [2.45, 2.75) is 49.6 Å². The molecule has 0 aliphatic carbocycles. The van der Waals surface area contributed by atoms with Crippen molar-refractivity contribution in [1.29, 1.82) is 0 Å². The second-order valence-corrected chi connectivity index (χ2v) is 6.77. The Hall–Kier alpha value is -0.950. The fraction of sp³-hybridized carbons (Fsp3) is 0.636. The molecule has 2 aromatic heterocycles. The molecule has 7 heteroatoms. The molecule has 1 atom stereocenters. The minimum Gasteiger partial charge on any atom is -0.338 e. The molecule has 0 amide bonds. The van der Waals surface area contributed by atoms with Gasteiger partial charge < -0.3 is 4.52 Å². The summed E-state index contributed by atoms with van der Waals surface area (Å²) in [5, 5.41) is 13.1. The van der Waals surface area contributed by atoms with Gasteiger partial charge in [-0.15, -0.1) is 10.2 Å². The Morgan fingerprint density at radius 3 is 2.89 bits per heavy atom. The zero-order chi connectivity index (χ0) is 13.0. The van der Waals surface area contributed by atoms with Crippen LogP contribution in [-0.2, 0) is 6.42 Å². The van der Waals surface area contributed by atoms with E-state index in [0.717, 1.165) is 34.4 Å². The van der Waals surface area contributed by atoms with E-state index in [2.05, 4.69) is 27.3 Å². The van der Waals surface area contributed by atoms with Crippen LogP contribution in [0.1, 0.15) is 48.7 Å². The molecule has 0 fully saturated rings. The number of hydrogen-bond acceptors (Lipinski definition) is 7. The van der Waals surface area contributed by atoms with E-state index in [9.17, 15) is 0 Å². The lowest BCUT2D eigenvalue weighted by molar-refractivity contribution is 0.374. The molecule has 2 heterocycles. The van der Waals surface area contributed by atoms with E-state index in [1.165, 1.54) is 0 Å². The number of hydrogen-bond donors (Lipinski definition) is 0. The van der Waals surface area contributed by atoms with Gasteiger partial charge in [0.1, 0.15) is 5.01 Å². The molecular formula is C11H16N4OS2. The Labute approximate surface area is 114 Å². The molecule has 0 spiro atoms. The Balaban J connectivity index is 1.96. The van der Waals surface area contributed by atoms with E-state index in [4.69, 9.17) is 4.52 Å². The van der Waals surface area contributed by atoms with Gasteiger partial charge in [-0.3, -0.25) is 0 Å². The van der Waals surface area contributed by atoms with E-state index >= 15 is 0 Å². The molecule has 5 nitrogen and oxygen atoms in total. The van der Waals surface area contributed by atoms with Crippen molar-refractivity contribution in [3.05, 3.63) is 16.7 Å². The number of thioether (sulfide) groups is 1. The lowest BCUT2D eigenvalue weighted by Crippen LogP contribution is -1.91. The Morgan fingerprint density at radius 1 is 1.39 bits per heavy atom. The van der Waals surface area contributed by atoms with E-state index < -0.39 is 0 Å². The topological polar surface area (TPSA) is 64.7 Å². The van der Waals surface area contributed by atoms with Gasteiger partial charge in [-0.05, 0) is 20.3 Å². The first-order valence-corrected chi connectivity index (χ1v) is 7.68. The lowest BCUT2D eigenvalue weighted by atomic mass is 10.2. The largest absolute Gasteiger partial charge is 0.338 e. The molecule has 0 aromatic carbocycles. The van der Waals surface area contributed by atoms with Gasteiger partial charge >= 0.3 is 0 Å². The molecule has 2 rings (SSSR count). The highest BCUT2D eigenvalue weighted by molar-refractivity contribution is 8.01. The quantitative estimate of drug-likeness (QED) is 0.757. The first-order valence-electron chi connectivity index (χ1n) is 5.98. The fourth-order valence-electron chi connectivity index (χ4n) is 1.40. The van der Waals surface area contributed by atoms with Crippen molar-refractivity contribution < 1.29 is 4.52 Å². The van der Waals surface area contributed by atoms with Crippen LogP contribution in [0.5, 0.6) is 0 Å². The maximum Gasteiger partial charge on any atom is 0.239 e. The highest BCUT2D eigenvalue weighted by atomic mass is 32.2. The number of rotatable bonds is 6. The Kier molecular flexibility index (Phi) is 4.71. The Bertz CT molecular complexity index is 497. The molecule has 0 N–H and O–H groups in total. The van der Waals surface area contributed by atoms with Crippen LogP contribution in [-0.4, -0.2) is 20.3 Å². The molecule has 0 saturated heterocycles. The number of aryl methyl sites for hydroxylation is 2. The van der Waals surface area contributed by atoms with Gasteiger partial charge in [0, 0.05) is 6.42 Å². The molecule has 98 valence electrons. The van der Waals surface area contributed by atoms with Crippen LogP contribution in [0.15, 0.2) is 8.86 Å². The summed E-state index contributed by atoms with van der Waals surface area (Å²) in [6.45, 7) is 6.14.